The number of benzene rings is 1. The van der Waals surface area contributed by atoms with Crippen molar-refractivity contribution in [3.05, 3.63) is 28.8 Å². The van der Waals surface area contributed by atoms with Gasteiger partial charge in [-0.25, -0.2) is 0 Å². The van der Waals surface area contributed by atoms with Crippen LogP contribution in [0.15, 0.2) is 18.2 Å². The van der Waals surface area contributed by atoms with Crippen LogP contribution in [0, 0.1) is 11.3 Å². The van der Waals surface area contributed by atoms with Crippen LogP contribution in [0.5, 0.6) is 0 Å². The number of carbonyl (C=O) groups is 1. The van der Waals surface area contributed by atoms with E-state index in [4.69, 9.17) is 16.9 Å². The number of carbonyl (C=O) groups excluding carboxylic acids is 1. The van der Waals surface area contributed by atoms with Crippen molar-refractivity contribution in [1.29, 1.82) is 5.26 Å². The second-order valence-corrected chi connectivity index (χ2v) is 6.11. The molecule has 1 atom stereocenters. The summed E-state index contributed by atoms with van der Waals surface area (Å²) in [6.07, 6.45) is -0.408. The summed E-state index contributed by atoms with van der Waals surface area (Å²) < 4.78 is 34.5. The maximum absolute atomic E-state index is 12.9. The van der Waals surface area contributed by atoms with E-state index in [1.54, 1.807) is 0 Å². The van der Waals surface area contributed by atoms with Gasteiger partial charge >= 0.3 is 10.2 Å². The van der Waals surface area contributed by atoms with Gasteiger partial charge in [-0.2, -0.15) is 13.7 Å². The van der Waals surface area contributed by atoms with E-state index in [-0.39, 0.29) is 17.3 Å². The molecule has 0 spiro atoms. The van der Waals surface area contributed by atoms with Crippen molar-refractivity contribution in [2.45, 2.75) is 11.7 Å². The van der Waals surface area contributed by atoms with Gasteiger partial charge in [0.05, 0.1) is 22.3 Å². The smallest absolute Gasteiger partial charge is 0.307 e. The van der Waals surface area contributed by atoms with Gasteiger partial charge in [-0.3, -0.25) is 4.79 Å². The monoisotopic (exact) mass is 302 g/mol. The molecule has 1 amide bonds. The molecule has 1 aromatic rings. The molecule has 1 aliphatic heterocycles. The molecule has 1 aromatic carbocycles. The highest BCUT2D eigenvalue weighted by Gasteiger charge is 2.39. The number of amides is 1. The Morgan fingerprint density at radius 3 is 2.63 bits per heavy atom. The van der Waals surface area contributed by atoms with E-state index in [0.717, 1.165) is 4.90 Å². The lowest BCUT2D eigenvalue weighted by Gasteiger charge is -2.17. The molecule has 0 aliphatic carbocycles. The van der Waals surface area contributed by atoms with E-state index in [9.17, 15) is 17.1 Å². The third-order valence-electron chi connectivity index (χ3n) is 2.86. The molecule has 1 unspecified atom stereocenters. The van der Waals surface area contributed by atoms with Crippen LogP contribution < -0.4 is 4.90 Å². The summed E-state index contributed by atoms with van der Waals surface area (Å²) >= 11 is 5.93. The molecule has 0 radical (unpaired) electrons. The highest BCUT2D eigenvalue weighted by atomic mass is 35.5. The molecule has 8 heteroatoms. The number of hydrogen-bond acceptors (Lipinski definition) is 4. The zero-order valence-corrected chi connectivity index (χ0v) is 11.1. The largest absolute Gasteiger partial charge is 0.309 e. The highest BCUT2D eigenvalue weighted by Crippen LogP contribution is 2.32. The van der Waals surface area contributed by atoms with Gasteiger partial charge in [0.2, 0.25) is 5.91 Å². The fraction of sp³-hybridized carbons (Fsp3) is 0.273. The van der Waals surface area contributed by atoms with Crippen molar-refractivity contribution in [3.8, 4) is 6.07 Å². The van der Waals surface area contributed by atoms with Crippen LogP contribution in [-0.4, -0.2) is 26.1 Å². The van der Waals surface area contributed by atoms with Gasteiger partial charge in [0.25, 0.3) is 0 Å². The van der Waals surface area contributed by atoms with Crippen LogP contribution in [0.25, 0.3) is 0 Å². The predicted molar refractivity (Wildman–Crippen MR) is 67.0 cm³/mol. The van der Waals surface area contributed by atoms with E-state index >= 15 is 0 Å². The lowest BCUT2D eigenvalue weighted by molar-refractivity contribution is -0.117. The molecule has 0 saturated carbocycles. The highest BCUT2D eigenvalue weighted by molar-refractivity contribution is 7.87. The van der Waals surface area contributed by atoms with Crippen LogP contribution in [0.2, 0.25) is 5.02 Å². The molecule has 1 saturated heterocycles. The van der Waals surface area contributed by atoms with Crippen molar-refractivity contribution in [2.75, 3.05) is 11.4 Å². The topological polar surface area (TPSA) is 78.2 Å². The predicted octanol–water partition coefficient (Wildman–Crippen LogP) is 1.62. The molecule has 100 valence electrons. The third-order valence-corrected chi connectivity index (χ3v) is 4.27. The molecule has 1 fully saturated rings. The Labute approximate surface area is 114 Å². The van der Waals surface area contributed by atoms with Gasteiger partial charge in [0, 0.05) is 13.0 Å². The molecule has 0 N–H and O–H groups in total. The number of nitrogens with zero attached hydrogens (tertiary/aromatic N) is 2. The van der Waals surface area contributed by atoms with Crippen molar-refractivity contribution in [3.63, 3.8) is 0 Å². The molecular formula is C11H8ClFN2O3S. The Bertz CT molecular complexity index is 684. The number of anilines is 1. The molecular weight excluding hydrogens is 295 g/mol. The van der Waals surface area contributed by atoms with Crippen molar-refractivity contribution < 1.29 is 17.1 Å². The van der Waals surface area contributed by atoms with Gasteiger partial charge in [0.1, 0.15) is 5.25 Å². The molecule has 2 rings (SSSR count). The Morgan fingerprint density at radius 1 is 1.47 bits per heavy atom. The fourth-order valence-electron chi connectivity index (χ4n) is 1.89. The van der Waals surface area contributed by atoms with Crippen LogP contribution in [0.3, 0.4) is 0 Å². The average molecular weight is 303 g/mol. The minimum absolute atomic E-state index is 0.143. The average Bonchev–Trinajstić information content (AvgIpc) is 2.71. The summed E-state index contributed by atoms with van der Waals surface area (Å²) in [7, 11) is -4.76. The second-order valence-electron chi connectivity index (χ2n) is 4.08. The second kappa shape index (κ2) is 4.79. The van der Waals surface area contributed by atoms with Gasteiger partial charge in [-0.1, -0.05) is 11.6 Å². The quantitative estimate of drug-likeness (QED) is 0.778. The zero-order valence-electron chi connectivity index (χ0n) is 9.51. The van der Waals surface area contributed by atoms with Crippen LogP contribution >= 0.6 is 11.6 Å². The first-order valence-electron chi connectivity index (χ1n) is 5.26. The first-order chi connectivity index (χ1) is 8.82. The summed E-state index contributed by atoms with van der Waals surface area (Å²) in [5, 5.41) is 7.47. The lowest BCUT2D eigenvalue weighted by Crippen LogP contribution is -2.27. The maximum Gasteiger partial charge on any atom is 0.307 e. The summed E-state index contributed by atoms with van der Waals surface area (Å²) in [6, 6.07) is 6.14. The SMILES string of the molecule is N#Cc1ccc(N2CC(S(=O)(=O)F)CC2=O)c(Cl)c1. The molecule has 0 aromatic heterocycles. The summed E-state index contributed by atoms with van der Waals surface area (Å²) in [5.74, 6) is -0.516. The third kappa shape index (κ3) is 2.69. The van der Waals surface area contributed by atoms with Gasteiger partial charge in [-0.05, 0) is 18.2 Å². The van der Waals surface area contributed by atoms with Gasteiger partial charge in [-0.15, -0.1) is 3.89 Å². The molecule has 5 nitrogen and oxygen atoms in total. The summed E-state index contributed by atoms with van der Waals surface area (Å²) in [5.41, 5.74) is 0.590. The van der Waals surface area contributed by atoms with Crippen LogP contribution in [0.4, 0.5) is 9.57 Å². The Morgan fingerprint density at radius 2 is 2.16 bits per heavy atom. The molecule has 19 heavy (non-hydrogen) atoms. The molecule has 1 heterocycles. The van der Waals surface area contributed by atoms with E-state index in [1.807, 2.05) is 6.07 Å². The zero-order chi connectivity index (χ0) is 14.2. The summed E-state index contributed by atoms with van der Waals surface area (Å²) in [6.45, 7) is -0.275. The Balaban J connectivity index is 2.34. The van der Waals surface area contributed by atoms with E-state index < -0.39 is 27.8 Å². The number of halogens is 2. The minimum Gasteiger partial charge on any atom is -0.309 e. The molecule has 1 aliphatic rings. The van der Waals surface area contributed by atoms with Gasteiger partial charge < -0.3 is 4.90 Å². The standard InChI is InChI=1S/C11H8ClFN2O3S/c12-9-3-7(5-14)1-2-10(9)15-6-8(4-11(15)16)19(13,17)18/h1-3,8H,4,6H2. The first-order valence-corrected chi connectivity index (χ1v) is 7.09. The van der Waals surface area contributed by atoms with Crippen LogP contribution in [-0.2, 0) is 15.0 Å². The Hall–Kier alpha value is -1.65. The number of hydrogen-bond donors (Lipinski definition) is 0. The van der Waals surface area contributed by atoms with E-state index in [0.29, 0.717) is 5.56 Å². The van der Waals surface area contributed by atoms with E-state index in [2.05, 4.69) is 0 Å². The summed E-state index contributed by atoms with van der Waals surface area (Å²) in [4.78, 5) is 12.8. The minimum atomic E-state index is -4.76. The maximum atomic E-state index is 12.9. The lowest BCUT2D eigenvalue weighted by atomic mass is 10.2. The van der Waals surface area contributed by atoms with Gasteiger partial charge in [0.15, 0.2) is 0 Å². The van der Waals surface area contributed by atoms with E-state index in [1.165, 1.54) is 18.2 Å². The van der Waals surface area contributed by atoms with Crippen molar-refractivity contribution >= 4 is 33.4 Å². The normalized spacial score (nSPS) is 19.5. The molecule has 0 bridgehead atoms. The number of nitriles is 1. The fourth-order valence-corrected chi connectivity index (χ4v) is 2.84. The van der Waals surface area contributed by atoms with Crippen LogP contribution in [0.1, 0.15) is 12.0 Å². The van der Waals surface area contributed by atoms with Crippen molar-refractivity contribution in [1.82, 2.24) is 0 Å². The Kier molecular flexibility index (Phi) is 3.47. The first kappa shape index (κ1) is 13.8. The number of rotatable bonds is 2. The van der Waals surface area contributed by atoms with Crippen molar-refractivity contribution in [2.24, 2.45) is 0 Å².